The number of nitrogens with zero attached hydrogens (tertiary/aromatic N) is 1. The first-order chi connectivity index (χ1) is 6.79. The summed E-state index contributed by atoms with van der Waals surface area (Å²) in [5.41, 5.74) is 1.85. The van der Waals surface area contributed by atoms with Gasteiger partial charge in [0, 0.05) is 25.5 Å². The minimum Gasteiger partial charge on any atom is -0.312 e. The second-order valence-electron chi connectivity index (χ2n) is 4.63. The van der Waals surface area contributed by atoms with E-state index in [9.17, 15) is 0 Å². The number of hydrogen-bond acceptors (Lipinski definition) is 2. The Labute approximate surface area is 97.9 Å². The number of pyridine rings is 1. The fraction of sp³-hybridized carbons (Fsp3) is 0.583. The van der Waals surface area contributed by atoms with E-state index in [2.05, 4.69) is 23.3 Å². The molecule has 0 unspecified atom stereocenters. The summed E-state index contributed by atoms with van der Waals surface area (Å²) in [6.07, 6.45) is 7.91. The summed E-state index contributed by atoms with van der Waals surface area (Å²) in [4.78, 5) is 4.09. The quantitative estimate of drug-likeness (QED) is 0.854. The van der Waals surface area contributed by atoms with Gasteiger partial charge in [0.2, 0.25) is 0 Å². The minimum absolute atomic E-state index is 0. The second-order valence-corrected chi connectivity index (χ2v) is 4.63. The molecule has 15 heavy (non-hydrogen) atoms. The summed E-state index contributed by atoms with van der Waals surface area (Å²) in [7, 11) is 0. The Balaban J connectivity index is 0.00000112. The van der Waals surface area contributed by atoms with Gasteiger partial charge in [-0.2, -0.15) is 0 Å². The van der Waals surface area contributed by atoms with Crippen LogP contribution in [-0.4, -0.2) is 11.5 Å². The Hall–Kier alpha value is -0.600. The van der Waals surface area contributed by atoms with E-state index < -0.39 is 0 Å². The third kappa shape index (κ3) is 3.47. The number of hydrogen-bond donors (Lipinski definition) is 1. The van der Waals surface area contributed by atoms with Gasteiger partial charge in [-0.1, -0.05) is 19.4 Å². The van der Waals surface area contributed by atoms with E-state index in [0.29, 0.717) is 5.41 Å². The first kappa shape index (κ1) is 12.5. The van der Waals surface area contributed by atoms with Gasteiger partial charge in [0.15, 0.2) is 0 Å². The summed E-state index contributed by atoms with van der Waals surface area (Å²) in [5, 5.41) is 3.50. The lowest BCUT2D eigenvalue weighted by Gasteiger charge is -2.38. The topological polar surface area (TPSA) is 24.9 Å². The molecule has 1 aromatic rings. The van der Waals surface area contributed by atoms with Crippen molar-refractivity contribution in [2.45, 2.75) is 32.7 Å². The third-order valence-electron chi connectivity index (χ3n) is 3.16. The first-order valence-electron chi connectivity index (χ1n) is 5.38. The molecule has 0 aliphatic heterocycles. The van der Waals surface area contributed by atoms with Crippen LogP contribution in [0.5, 0.6) is 0 Å². The maximum Gasteiger partial charge on any atom is 0.0312 e. The molecule has 2 nitrogen and oxygen atoms in total. The molecule has 1 aliphatic rings. The van der Waals surface area contributed by atoms with Crippen molar-refractivity contribution >= 4 is 12.4 Å². The van der Waals surface area contributed by atoms with E-state index in [-0.39, 0.29) is 12.4 Å². The molecule has 1 aliphatic carbocycles. The van der Waals surface area contributed by atoms with Gasteiger partial charge in [0.05, 0.1) is 0 Å². The molecule has 0 spiro atoms. The summed E-state index contributed by atoms with van der Waals surface area (Å²) in [6, 6.07) is 4.10. The standard InChI is InChI=1S/C12H18N2.ClH/c1-12(5-3-6-12)10-14-9-11-4-2-7-13-8-11;/h2,4,7-8,14H,3,5-6,9-10H2,1H3;1H. The van der Waals surface area contributed by atoms with E-state index in [1.807, 2.05) is 18.5 Å². The van der Waals surface area contributed by atoms with Crippen molar-refractivity contribution in [3.05, 3.63) is 30.1 Å². The van der Waals surface area contributed by atoms with Crippen molar-refractivity contribution in [3.8, 4) is 0 Å². The lowest BCUT2D eigenvalue weighted by molar-refractivity contribution is 0.156. The van der Waals surface area contributed by atoms with Gasteiger partial charge in [-0.05, 0) is 29.9 Å². The molecule has 0 radical (unpaired) electrons. The lowest BCUT2D eigenvalue weighted by atomic mass is 9.70. The van der Waals surface area contributed by atoms with Crippen molar-refractivity contribution in [1.29, 1.82) is 0 Å². The maximum atomic E-state index is 4.09. The zero-order chi connectivity index (χ0) is 9.86. The van der Waals surface area contributed by atoms with Gasteiger partial charge in [-0.3, -0.25) is 4.98 Å². The summed E-state index contributed by atoms with van der Waals surface area (Å²) >= 11 is 0. The highest BCUT2D eigenvalue weighted by atomic mass is 35.5. The molecule has 1 heterocycles. The summed E-state index contributed by atoms with van der Waals surface area (Å²) < 4.78 is 0. The van der Waals surface area contributed by atoms with Crippen LogP contribution in [0.1, 0.15) is 31.7 Å². The molecule has 0 aromatic carbocycles. The molecule has 1 fully saturated rings. The molecule has 2 rings (SSSR count). The summed E-state index contributed by atoms with van der Waals surface area (Å²) in [5.74, 6) is 0. The Morgan fingerprint density at radius 2 is 2.27 bits per heavy atom. The van der Waals surface area contributed by atoms with Gasteiger partial charge in [-0.15, -0.1) is 12.4 Å². The fourth-order valence-electron chi connectivity index (χ4n) is 1.97. The molecular formula is C12H19ClN2. The van der Waals surface area contributed by atoms with Gasteiger partial charge in [0.1, 0.15) is 0 Å². The van der Waals surface area contributed by atoms with Crippen LogP contribution in [0.15, 0.2) is 24.5 Å². The molecule has 0 bridgehead atoms. The van der Waals surface area contributed by atoms with Crippen molar-refractivity contribution in [1.82, 2.24) is 10.3 Å². The summed E-state index contributed by atoms with van der Waals surface area (Å²) in [6.45, 7) is 4.46. The van der Waals surface area contributed by atoms with Crippen LogP contribution in [0.25, 0.3) is 0 Å². The number of halogens is 1. The van der Waals surface area contributed by atoms with E-state index in [1.165, 1.54) is 24.8 Å². The highest BCUT2D eigenvalue weighted by Crippen LogP contribution is 2.39. The van der Waals surface area contributed by atoms with Gasteiger partial charge in [0.25, 0.3) is 0 Å². The molecule has 1 N–H and O–H groups in total. The zero-order valence-corrected chi connectivity index (χ0v) is 10.0. The van der Waals surface area contributed by atoms with Gasteiger partial charge >= 0.3 is 0 Å². The maximum absolute atomic E-state index is 4.09. The molecule has 1 aromatic heterocycles. The predicted octanol–water partition coefficient (Wildman–Crippen LogP) is 2.78. The first-order valence-corrected chi connectivity index (χ1v) is 5.38. The molecule has 0 saturated heterocycles. The van der Waals surface area contributed by atoms with Crippen LogP contribution in [0, 0.1) is 5.41 Å². The highest BCUT2D eigenvalue weighted by molar-refractivity contribution is 5.85. The van der Waals surface area contributed by atoms with Gasteiger partial charge in [-0.25, -0.2) is 0 Å². The van der Waals surface area contributed by atoms with E-state index >= 15 is 0 Å². The van der Waals surface area contributed by atoms with E-state index in [0.717, 1.165) is 13.1 Å². The van der Waals surface area contributed by atoms with E-state index in [1.54, 1.807) is 0 Å². The SMILES string of the molecule is CC1(CNCc2cccnc2)CCC1.Cl. The van der Waals surface area contributed by atoms with Crippen molar-refractivity contribution in [3.63, 3.8) is 0 Å². The number of aromatic nitrogens is 1. The Morgan fingerprint density at radius 1 is 1.47 bits per heavy atom. The van der Waals surface area contributed by atoms with E-state index in [4.69, 9.17) is 0 Å². The van der Waals surface area contributed by atoms with Crippen LogP contribution >= 0.6 is 12.4 Å². The number of rotatable bonds is 4. The monoisotopic (exact) mass is 226 g/mol. The predicted molar refractivity (Wildman–Crippen MR) is 65.1 cm³/mol. The zero-order valence-electron chi connectivity index (χ0n) is 9.20. The van der Waals surface area contributed by atoms with Crippen LogP contribution in [0.2, 0.25) is 0 Å². The molecular weight excluding hydrogens is 208 g/mol. The Kier molecular flexibility index (Phi) is 4.55. The molecule has 84 valence electrons. The van der Waals surface area contributed by atoms with Crippen LogP contribution in [-0.2, 0) is 6.54 Å². The normalized spacial score (nSPS) is 17.7. The molecule has 0 amide bonds. The van der Waals surface area contributed by atoms with Crippen molar-refractivity contribution in [2.24, 2.45) is 5.41 Å². The van der Waals surface area contributed by atoms with Crippen LogP contribution in [0.3, 0.4) is 0 Å². The average molecular weight is 227 g/mol. The Bertz CT molecular complexity index is 283. The lowest BCUT2D eigenvalue weighted by Crippen LogP contribution is -2.36. The fourth-order valence-corrected chi connectivity index (χ4v) is 1.97. The van der Waals surface area contributed by atoms with Crippen LogP contribution < -0.4 is 5.32 Å². The average Bonchev–Trinajstić information content (AvgIpc) is 2.17. The minimum atomic E-state index is 0. The molecule has 1 saturated carbocycles. The Morgan fingerprint density at radius 3 is 2.80 bits per heavy atom. The smallest absolute Gasteiger partial charge is 0.0312 e. The molecule has 0 atom stereocenters. The highest BCUT2D eigenvalue weighted by Gasteiger charge is 2.30. The second kappa shape index (κ2) is 5.47. The van der Waals surface area contributed by atoms with Crippen LogP contribution in [0.4, 0.5) is 0 Å². The van der Waals surface area contributed by atoms with Crippen molar-refractivity contribution < 1.29 is 0 Å². The molecule has 3 heteroatoms. The number of nitrogens with one attached hydrogen (secondary N) is 1. The van der Waals surface area contributed by atoms with Crippen molar-refractivity contribution in [2.75, 3.05) is 6.54 Å². The largest absolute Gasteiger partial charge is 0.312 e. The van der Waals surface area contributed by atoms with Gasteiger partial charge < -0.3 is 5.32 Å². The third-order valence-corrected chi connectivity index (χ3v) is 3.16.